The molecule has 0 aromatic rings. The molecular weight excluding hydrogens is 226 g/mol. The van der Waals surface area contributed by atoms with Crippen molar-refractivity contribution in [1.29, 1.82) is 0 Å². The topological polar surface area (TPSA) is 187 Å². The third-order valence-corrected chi connectivity index (χ3v) is 0. The van der Waals surface area contributed by atoms with Crippen molar-refractivity contribution >= 4 is 0 Å². The van der Waals surface area contributed by atoms with Gasteiger partial charge in [-0.15, -0.1) is 0 Å². The minimum atomic E-state index is -3.94. The van der Waals surface area contributed by atoms with Gasteiger partial charge in [0.15, 0.2) is 0 Å². The Labute approximate surface area is 66.1 Å². The molecule has 8 N–H and O–H groups in total. The fourth-order valence-corrected chi connectivity index (χ4v) is 0. The van der Waals surface area contributed by atoms with E-state index >= 15 is 0 Å². The third kappa shape index (κ3) is 9780. The van der Waals surface area contributed by atoms with Gasteiger partial charge in [-0.3, -0.25) is 0 Å². The van der Waals surface area contributed by atoms with Crippen LogP contribution in [0.5, 0.6) is 0 Å². The average Bonchev–Trinajstić information content (AvgIpc) is 1.25. The molecule has 0 rings (SSSR count). The van der Waals surface area contributed by atoms with E-state index in [0.717, 1.165) is 0 Å². The molecule has 8 nitrogen and oxygen atoms in total. The van der Waals surface area contributed by atoms with Crippen LogP contribution in [-0.4, -0.2) is 0 Å². The fraction of sp³-hybridized carbons (Fsp3) is 0. The van der Waals surface area contributed by atoms with Crippen molar-refractivity contribution < 1.29 is 53.6 Å². The van der Waals surface area contributed by atoms with E-state index in [1.54, 1.807) is 0 Å². The Morgan fingerprint density at radius 3 is 0.700 bits per heavy atom. The van der Waals surface area contributed by atoms with Gasteiger partial charge in [-0.25, -0.2) is 0 Å². The molecule has 0 bridgehead atoms. The number of hydrogen-bond acceptors (Lipinski definition) is 6. The van der Waals surface area contributed by atoms with Crippen molar-refractivity contribution in [3.8, 4) is 0 Å². The minimum absolute atomic E-state index is 0. The summed E-state index contributed by atoms with van der Waals surface area (Å²) in [4.78, 5) is 0. The van der Waals surface area contributed by atoms with Crippen LogP contribution in [0.25, 0.3) is 0 Å². The second-order valence-electron chi connectivity index (χ2n) is 0.447. The third-order valence-electron chi connectivity index (χ3n) is 0. The fourth-order valence-electron chi connectivity index (χ4n) is 0. The van der Waals surface area contributed by atoms with Gasteiger partial charge in [0.05, 0.1) is 0 Å². The van der Waals surface area contributed by atoms with Crippen LogP contribution < -0.4 is 20.4 Å². The summed E-state index contributed by atoms with van der Waals surface area (Å²) in [5.74, 6) is 0. The Hall–Kier alpha value is 0.209. The number of rotatable bonds is 0. The van der Waals surface area contributed by atoms with Crippen LogP contribution in [0, 0.1) is 0 Å². The molecule has 0 saturated heterocycles. The molecular formula is H8N2O6V2. The van der Waals surface area contributed by atoms with Crippen molar-refractivity contribution in [2.24, 2.45) is 0 Å². The first kappa shape index (κ1) is 22.5. The van der Waals surface area contributed by atoms with Gasteiger partial charge in [0.1, 0.15) is 0 Å². The maximum atomic E-state index is 8.56. The Morgan fingerprint density at radius 2 is 0.700 bits per heavy atom. The molecule has 0 saturated carbocycles. The van der Waals surface area contributed by atoms with Gasteiger partial charge < -0.3 is 12.3 Å². The van der Waals surface area contributed by atoms with E-state index < -0.39 is 30.8 Å². The molecule has 0 aliphatic carbocycles. The van der Waals surface area contributed by atoms with Gasteiger partial charge in [0.2, 0.25) is 0 Å². The second kappa shape index (κ2) is 16.1. The number of hydrogen-bond donors (Lipinski definition) is 2. The Bertz CT molecular complexity index is 131. The van der Waals surface area contributed by atoms with E-state index in [9.17, 15) is 0 Å². The quantitative estimate of drug-likeness (QED) is 0.482. The zero-order valence-electron chi connectivity index (χ0n) is 5.34. The Kier molecular flexibility index (Phi) is 36.2. The van der Waals surface area contributed by atoms with Crippen LogP contribution in [0.2, 0.25) is 0 Å². The van der Waals surface area contributed by atoms with E-state index in [2.05, 4.69) is 0 Å². The van der Waals surface area contributed by atoms with Crippen molar-refractivity contribution in [2.75, 3.05) is 0 Å². The van der Waals surface area contributed by atoms with Crippen molar-refractivity contribution in [3.05, 3.63) is 0 Å². The van der Waals surface area contributed by atoms with E-state index in [-0.39, 0.29) is 12.3 Å². The molecule has 0 fully saturated rings. The summed E-state index contributed by atoms with van der Waals surface area (Å²) in [5, 5.41) is 0. The summed E-state index contributed by atoms with van der Waals surface area (Å²) in [5.41, 5.74) is 0. The average molecular weight is 234 g/mol. The summed E-state index contributed by atoms with van der Waals surface area (Å²) in [6.07, 6.45) is 0. The summed E-state index contributed by atoms with van der Waals surface area (Å²) in [6.45, 7) is 0. The summed E-state index contributed by atoms with van der Waals surface area (Å²) in [7, 11) is 0. The van der Waals surface area contributed by atoms with Crippen molar-refractivity contribution in [2.45, 2.75) is 0 Å². The van der Waals surface area contributed by atoms with Crippen LogP contribution >= 0.6 is 0 Å². The van der Waals surface area contributed by atoms with Gasteiger partial charge in [-0.1, -0.05) is 0 Å². The molecule has 0 atom stereocenters. The molecule has 0 aromatic heterocycles. The molecule has 64 valence electrons. The van der Waals surface area contributed by atoms with E-state index in [4.69, 9.17) is 22.8 Å². The molecule has 0 aliphatic rings. The van der Waals surface area contributed by atoms with Crippen LogP contribution in [-0.2, 0) is 45.5 Å². The van der Waals surface area contributed by atoms with Crippen molar-refractivity contribution in [3.63, 3.8) is 0 Å². The summed E-state index contributed by atoms with van der Waals surface area (Å²) >= 11 is -7.88. The summed E-state index contributed by atoms with van der Waals surface area (Å²) < 4.78 is 51.4. The molecule has 10 heavy (non-hydrogen) atoms. The van der Waals surface area contributed by atoms with Gasteiger partial charge >= 0.3 is 53.6 Å². The molecule has 0 aromatic carbocycles. The summed E-state index contributed by atoms with van der Waals surface area (Å²) in [6, 6.07) is 0. The predicted molar refractivity (Wildman–Crippen MR) is 14.7 cm³/mol. The van der Waals surface area contributed by atoms with Gasteiger partial charge in [0.25, 0.3) is 0 Å². The molecule has 0 spiro atoms. The molecule has 0 aliphatic heterocycles. The Morgan fingerprint density at radius 1 is 0.700 bits per heavy atom. The van der Waals surface area contributed by atoms with Crippen LogP contribution in [0.15, 0.2) is 0 Å². The maximum absolute atomic E-state index is 8.56. The zero-order chi connectivity index (χ0) is 7.15. The molecule has 0 radical (unpaired) electrons. The van der Waals surface area contributed by atoms with Gasteiger partial charge in [-0.2, -0.15) is 0 Å². The molecule has 0 amide bonds. The monoisotopic (exact) mass is 234 g/mol. The normalized spacial score (nSPS) is 5.00. The zero-order valence-corrected chi connectivity index (χ0v) is 8.14. The molecule has 0 heterocycles. The van der Waals surface area contributed by atoms with E-state index in [1.165, 1.54) is 0 Å². The standard InChI is InChI=1S/2H3N.6O.2V/h2*1H3;;;;;;;;/q;;;;;;2*-1;;/p+2. The SMILES string of the molecule is [NH4+].[NH4+].[O]=[V](=[O])[O-].[O]=[V](=[O])[O-]. The van der Waals surface area contributed by atoms with Crippen molar-refractivity contribution in [1.82, 2.24) is 12.3 Å². The predicted octanol–water partition coefficient (Wildman–Crippen LogP) is -2.11. The molecule has 10 heteroatoms. The van der Waals surface area contributed by atoms with Crippen LogP contribution in [0.1, 0.15) is 0 Å². The van der Waals surface area contributed by atoms with Crippen LogP contribution in [0.3, 0.4) is 0 Å². The molecule has 0 unspecified atom stereocenters. The van der Waals surface area contributed by atoms with Crippen LogP contribution in [0.4, 0.5) is 0 Å². The number of quaternary nitrogens is 2. The van der Waals surface area contributed by atoms with E-state index in [0.29, 0.717) is 0 Å². The second-order valence-corrected chi connectivity index (χ2v) is 1.84. The Balaban J connectivity index is -0.0000000300. The first-order valence-corrected chi connectivity index (χ1v) is 4.52. The first-order valence-electron chi connectivity index (χ1n) is 1.10. The van der Waals surface area contributed by atoms with E-state index in [1.807, 2.05) is 0 Å². The first-order chi connectivity index (χ1) is 3.46. The van der Waals surface area contributed by atoms with Gasteiger partial charge in [0, 0.05) is 0 Å². The van der Waals surface area contributed by atoms with Gasteiger partial charge in [-0.05, 0) is 0 Å².